The predicted molar refractivity (Wildman–Crippen MR) is 89.1 cm³/mol. The minimum atomic E-state index is -1.25. The molecule has 0 saturated carbocycles. The largest absolute Gasteiger partial charge is 0.306 e. The van der Waals surface area contributed by atoms with Crippen molar-refractivity contribution in [2.75, 3.05) is 6.54 Å². The van der Waals surface area contributed by atoms with Crippen molar-refractivity contribution in [3.8, 4) is 0 Å². The van der Waals surface area contributed by atoms with Crippen LogP contribution in [0.25, 0.3) is 0 Å². The van der Waals surface area contributed by atoms with E-state index in [0.29, 0.717) is 0 Å². The Labute approximate surface area is 119 Å². The van der Waals surface area contributed by atoms with E-state index in [-0.39, 0.29) is 6.04 Å². The summed E-state index contributed by atoms with van der Waals surface area (Å²) in [4.78, 5) is 0. The van der Waals surface area contributed by atoms with Gasteiger partial charge in [-0.25, -0.2) is 0 Å². The van der Waals surface area contributed by atoms with Gasteiger partial charge in [-0.1, -0.05) is 75.3 Å². The molecule has 0 radical (unpaired) electrons. The highest BCUT2D eigenvalue weighted by Crippen LogP contribution is 2.24. The van der Waals surface area contributed by atoms with Crippen LogP contribution in [0.1, 0.15) is 24.9 Å². The van der Waals surface area contributed by atoms with E-state index >= 15 is 0 Å². The number of benzene rings is 1. The second-order valence-electron chi connectivity index (χ2n) is 6.01. The molecule has 0 saturated heterocycles. The zero-order chi connectivity index (χ0) is 14.3. The van der Waals surface area contributed by atoms with Crippen LogP contribution in [-0.4, -0.2) is 14.6 Å². The van der Waals surface area contributed by atoms with Crippen LogP contribution in [0, 0.1) is 0 Å². The summed E-state index contributed by atoms with van der Waals surface area (Å²) in [5.74, 6) is 0. The summed E-state index contributed by atoms with van der Waals surface area (Å²) in [6, 6.07) is 10.9. The van der Waals surface area contributed by atoms with Crippen molar-refractivity contribution in [1.82, 2.24) is 5.32 Å². The summed E-state index contributed by atoms with van der Waals surface area (Å²) in [5, 5.41) is 3.64. The summed E-state index contributed by atoms with van der Waals surface area (Å²) < 4.78 is 0. The molecule has 0 heterocycles. The van der Waals surface area contributed by atoms with Crippen LogP contribution in [0.3, 0.4) is 0 Å². The van der Waals surface area contributed by atoms with Crippen LogP contribution in [0.4, 0.5) is 0 Å². The topological polar surface area (TPSA) is 12.0 Å². The van der Waals surface area contributed by atoms with E-state index in [1.165, 1.54) is 11.1 Å². The second kappa shape index (κ2) is 7.46. The molecule has 2 heteroatoms. The van der Waals surface area contributed by atoms with Gasteiger partial charge in [0.2, 0.25) is 0 Å². The first-order valence-electron chi connectivity index (χ1n) is 7.11. The van der Waals surface area contributed by atoms with Crippen LogP contribution in [0.5, 0.6) is 0 Å². The fourth-order valence-corrected chi connectivity index (χ4v) is 3.41. The van der Waals surface area contributed by atoms with Gasteiger partial charge in [0.1, 0.15) is 0 Å². The van der Waals surface area contributed by atoms with Crippen molar-refractivity contribution in [1.29, 1.82) is 0 Å². The lowest BCUT2D eigenvalue weighted by Gasteiger charge is -2.23. The van der Waals surface area contributed by atoms with Gasteiger partial charge in [-0.05, 0) is 24.1 Å². The number of rotatable bonds is 7. The van der Waals surface area contributed by atoms with E-state index < -0.39 is 8.07 Å². The molecule has 1 atom stereocenters. The maximum absolute atomic E-state index is 4.01. The molecule has 0 aromatic heterocycles. The molecular formula is C17H27NSi. The van der Waals surface area contributed by atoms with E-state index in [0.717, 1.165) is 13.0 Å². The van der Waals surface area contributed by atoms with Crippen molar-refractivity contribution >= 4 is 8.07 Å². The minimum absolute atomic E-state index is 0.269. The van der Waals surface area contributed by atoms with Crippen LogP contribution in [0.2, 0.25) is 19.6 Å². The Hall–Kier alpha value is -1.12. The molecule has 1 aromatic carbocycles. The Bertz CT molecular complexity index is 415. The standard InChI is InChI=1S/C17H27NSi/c1-6-13-18-17(16-11-9-8-10-12-16)15(7-2)14-19(3,4)5/h7-12,14,17-18H,2,6,13H2,1,3-5H3/b15-14+. The lowest BCUT2D eigenvalue weighted by Crippen LogP contribution is -2.26. The Balaban J connectivity index is 3.08. The molecule has 0 aliphatic rings. The van der Waals surface area contributed by atoms with Gasteiger partial charge in [0.25, 0.3) is 0 Å². The molecule has 1 aromatic rings. The predicted octanol–water partition coefficient (Wildman–Crippen LogP) is 4.72. The molecule has 104 valence electrons. The minimum Gasteiger partial charge on any atom is -0.306 e. The van der Waals surface area contributed by atoms with Gasteiger partial charge >= 0.3 is 0 Å². The van der Waals surface area contributed by atoms with Gasteiger partial charge in [-0.2, -0.15) is 0 Å². The Morgan fingerprint density at radius 3 is 2.37 bits per heavy atom. The smallest absolute Gasteiger partial charge is 0.0691 e. The first-order valence-corrected chi connectivity index (χ1v) is 10.7. The third kappa shape index (κ3) is 5.58. The molecule has 0 amide bonds. The Morgan fingerprint density at radius 1 is 1.26 bits per heavy atom. The second-order valence-corrected chi connectivity index (χ2v) is 11.0. The first kappa shape index (κ1) is 15.9. The highest BCUT2D eigenvalue weighted by Gasteiger charge is 2.17. The lowest BCUT2D eigenvalue weighted by molar-refractivity contribution is 0.598. The molecule has 19 heavy (non-hydrogen) atoms. The summed E-state index contributed by atoms with van der Waals surface area (Å²) >= 11 is 0. The van der Waals surface area contributed by atoms with Gasteiger partial charge < -0.3 is 5.32 Å². The van der Waals surface area contributed by atoms with Crippen LogP contribution >= 0.6 is 0 Å². The van der Waals surface area contributed by atoms with E-state index in [9.17, 15) is 0 Å². The zero-order valence-corrected chi connectivity index (χ0v) is 13.7. The van der Waals surface area contributed by atoms with Gasteiger partial charge in [0.15, 0.2) is 0 Å². The fraction of sp³-hybridized carbons (Fsp3) is 0.412. The van der Waals surface area contributed by atoms with E-state index in [1.54, 1.807) is 0 Å². The van der Waals surface area contributed by atoms with Crippen molar-refractivity contribution in [2.24, 2.45) is 0 Å². The van der Waals surface area contributed by atoms with Crippen molar-refractivity contribution in [3.05, 3.63) is 59.8 Å². The van der Waals surface area contributed by atoms with Crippen molar-refractivity contribution < 1.29 is 0 Å². The monoisotopic (exact) mass is 273 g/mol. The third-order valence-corrected chi connectivity index (χ3v) is 4.10. The highest BCUT2D eigenvalue weighted by molar-refractivity contribution is 6.81. The Morgan fingerprint density at radius 2 is 1.89 bits per heavy atom. The quantitative estimate of drug-likeness (QED) is 0.560. The number of hydrogen-bond donors (Lipinski definition) is 1. The number of hydrogen-bond acceptors (Lipinski definition) is 1. The summed E-state index contributed by atoms with van der Waals surface area (Å²) in [6.07, 6.45) is 3.15. The van der Waals surface area contributed by atoms with E-state index in [2.05, 4.69) is 74.5 Å². The molecule has 1 unspecified atom stereocenters. The average molecular weight is 273 g/mol. The molecule has 1 N–H and O–H groups in total. The van der Waals surface area contributed by atoms with Gasteiger partial charge in [-0.15, -0.1) is 0 Å². The molecule has 1 nitrogen and oxygen atoms in total. The third-order valence-electron chi connectivity index (χ3n) is 2.90. The molecule has 1 rings (SSSR count). The van der Waals surface area contributed by atoms with Gasteiger partial charge in [0, 0.05) is 0 Å². The number of nitrogens with one attached hydrogen (secondary N) is 1. The maximum Gasteiger partial charge on any atom is 0.0691 e. The summed E-state index contributed by atoms with van der Waals surface area (Å²) in [5.41, 5.74) is 5.08. The first-order chi connectivity index (χ1) is 8.98. The molecular weight excluding hydrogens is 246 g/mol. The van der Waals surface area contributed by atoms with E-state index in [4.69, 9.17) is 0 Å². The summed E-state index contributed by atoms with van der Waals surface area (Å²) in [7, 11) is -1.25. The summed E-state index contributed by atoms with van der Waals surface area (Å²) in [6.45, 7) is 14.3. The molecule has 0 fully saturated rings. The van der Waals surface area contributed by atoms with Gasteiger partial charge in [0.05, 0.1) is 14.1 Å². The fourth-order valence-electron chi connectivity index (χ4n) is 2.12. The van der Waals surface area contributed by atoms with Crippen LogP contribution in [0.15, 0.2) is 54.3 Å². The normalized spacial score (nSPS) is 14.2. The molecule has 0 spiro atoms. The molecule has 0 aliphatic heterocycles. The van der Waals surface area contributed by atoms with E-state index in [1.807, 2.05) is 6.08 Å². The zero-order valence-electron chi connectivity index (χ0n) is 12.7. The average Bonchev–Trinajstić information content (AvgIpc) is 2.37. The van der Waals surface area contributed by atoms with Crippen LogP contribution in [-0.2, 0) is 0 Å². The highest BCUT2D eigenvalue weighted by atomic mass is 28.3. The SMILES string of the molecule is C=C/C(=C\[Si](C)(C)C)C(NCCC)c1ccccc1. The lowest BCUT2D eigenvalue weighted by atomic mass is 10.00. The van der Waals surface area contributed by atoms with Gasteiger partial charge in [-0.3, -0.25) is 0 Å². The Kier molecular flexibility index (Phi) is 6.26. The molecule has 0 bridgehead atoms. The van der Waals surface area contributed by atoms with Crippen LogP contribution < -0.4 is 5.32 Å². The maximum atomic E-state index is 4.01. The van der Waals surface area contributed by atoms with Crippen molar-refractivity contribution in [3.63, 3.8) is 0 Å². The van der Waals surface area contributed by atoms with Crippen molar-refractivity contribution in [2.45, 2.75) is 39.0 Å². The molecule has 0 aliphatic carbocycles.